The number of hydrogen-bond acceptors (Lipinski definition) is 6. The molecule has 0 bridgehead atoms. The van der Waals surface area contributed by atoms with Crippen molar-refractivity contribution in [2.24, 2.45) is 0 Å². The first-order valence-corrected chi connectivity index (χ1v) is 15.2. The molecule has 0 N–H and O–H groups in total. The Labute approximate surface area is 256 Å². The van der Waals surface area contributed by atoms with Crippen LogP contribution in [0.15, 0.2) is 138 Å². The molecule has 0 saturated carbocycles. The number of hydrogen-bond donors (Lipinski definition) is 0. The second-order valence-corrected chi connectivity index (χ2v) is 11.7. The molecule has 0 unspecified atom stereocenters. The summed E-state index contributed by atoms with van der Waals surface area (Å²) in [6.45, 7) is 0. The molecule has 0 amide bonds. The fourth-order valence-corrected chi connectivity index (χ4v) is 7.03. The van der Waals surface area contributed by atoms with Gasteiger partial charge in [0.1, 0.15) is 5.52 Å². The van der Waals surface area contributed by atoms with Gasteiger partial charge in [-0.2, -0.15) is 0 Å². The second kappa shape index (κ2) is 9.93. The summed E-state index contributed by atoms with van der Waals surface area (Å²) in [5.41, 5.74) is 5.41. The van der Waals surface area contributed by atoms with E-state index in [1.165, 1.54) is 20.2 Å². The highest BCUT2D eigenvalue weighted by molar-refractivity contribution is 7.26. The highest BCUT2D eigenvalue weighted by Crippen LogP contribution is 2.41. The van der Waals surface area contributed by atoms with E-state index in [4.69, 9.17) is 24.4 Å². The van der Waals surface area contributed by atoms with E-state index < -0.39 is 0 Å². The van der Waals surface area contributed by atoms with Gasteiger partial charge in [0.05, 0.1) is 5.56 Å². The lowest BCUT2D eigenvalue weighted by Crippen LogP contribution is -2.00. The van der Waals surface area contributed by atoms with Crippen LogP contribution in [-0.2, 0) is 0 Å². The zero-order valence-electron chi connectivity index (χ0n) is 23.3. The van der Waals surface area contributed by atoms with Crippen LogP contribution in [-0.4, -0.2) is 19.9 Å². The monoisotopic (exact) mass is 582 g/mol. The van der Waals surface area contributed by atoms with E-state index in [0.717, 1.165) is 44.1 Å². The molecule has 6 aromatic carbocycles. The van der Waals surface area contributed by atoms with Gasteiger partial charge in [-0.3, -0.25) is 0 Å². The molecule has 9 rings (SSSR count). The van der Waals surface area contributed by atoms with Crippen LogP contribution in [0.3, 0.4) is 0 Å². The number of nitrogens with zero attached hydrogens (tertiary/aromatic N) is 4. The van der Waals surface area contributed by atoms with Crippen molar-refractivity contribution in [2.45, 2.75) is 0 Å². The fraction of sp³-hybridized carbons (Fsp3) is 0. The average Bonchev–Trinajstić information content (AvgIpc) is 3.71. The van der Waals surface area contributed by atoms with Crippen molar-refractivity contribution in [1.29, 1.82) is 0 Å². The third-order valence-electron chi connectivity index (χ3n) is 7.97. The first-order valence-electron chi connectivity index (χ1n) is 14.4. The number of fused-ring (bicyclic) bond motifs is 6. The Bertz CT molecular complexity index is 2440. The molecular weight excluding hydrogens is 561 g/mol. The fourth-order valence-electron chi connectivity index (χ4n) is 5.83. The van der Waals surface area contributed by atoms with Gasteiger partial charge in [0.15, 0.2) is 23.1 Å². The Morgan fingerprint density at radius 2 is 1.14 bits per heavy atom. The Morgan fingerprint density at radius 3 is 1.89 bits per heavy atom. The highest BCUT2D eigenvalue weighted by atomic mass is 32.1. The topological polar surface area (TPSA) is 64.7 Å². The van der Waals surface area contributed by atoms with Crippen LogP contribution < -0.4 is 0 Å². The molecule has 6 heteroatoms. The molecule has 5 nitrogen and oxygen atoms in total. The van der Waals surface area contributed by atoms with Gasteiger partial charge in [-0.05, 0) is 29.7 Å². The van der Waals surface area contributed by atoms with Gasteiger partial charge in [-0.15, -0.1) is 11.3 Å². The summed E-state index contributed by atoms with van der Waals surface area (Å²) in [6, 6.07) is 45.3. The van der Waals surface area contributed by atoms with Crippen molar-refractivity contribution < 1.29 is 4.42 Å². The molecule has 0 aliphatic carbocycles. The summed E-state index contributed by atoms with van der Waals surface area (Å²) in [5.74, 6) is 2.53. The number of oxazole rings is 1. The van der Waals surface area contributed by atoms with Crippen molar-refractivity contribution in [1.82, 2.24) is 19.9 Å². The van der Waals surface area contributed by atoms with Crippen molar-refractivity contribution in [3.05, 3.63) is 133 Å². The third-order valence-corrected chi connectivity index (χ3v) is 9.19. The van der Waals surface area contributed by atoms with E-state index in [2.05, 4.69) is 66.7 Å². The average molecular weight is 583 g/mol. The van der Waals surface area contributed by atoms with E-state index in [1.807, 2.05) is 66.7 Å². The highest BCUT2D eigenvalue weighted by Gasteiger charge is 2.17. The number of thiophene rings is 1. The van der Waals surface area contributed by atoms with Gasteiger partial charge in [0.2, 0.25) is 5.89 Å². The molecule has 0 fully saturated rings. The molecule has 0 aliphatic heterocycles. The molecule has 0 saturated heterocycles. The van der Waals surface area contributed by atoms with Crippen molar-refractivity contribution in [3.8, 4) is 45.6 Å². The predicted octanol–water partition coefficient (Wildman–Crippen LogP) is 10.2. The van der Waals surface area contributed by atoms with Crippen molar-refractivity contribution in [2.75, 3.05) is 0 Å². The van der Waals surface area contributed by atoms with Gasteiger partial charge in [-0.1, -0.05) is 109 Å². The largest absolute Gasteiger partial charge is 0.436 e. The molecular formula is C38H22N4OS. The molecule has 0 spiro atoms. The maximum absolute atomic E-state index is 6.37. The smallest absolute Gasteiger partial charge is 0.228 e. The molecule has 0 aliphatic rings. The maximum Gasteiger partial charge on any atom is 0.228 e. The minimum absolute atomic E-state index is 0.622. The first kappa shape index (κ1) is 24.8. The second-order valence-electron chi connectivity index (χ2n) is 10.7. The van der Waals surface area contributed by atoms with Crippen LogP contribution in [0.4, 0.5) is 0 Å². The normalized spacial score (nSPS) is 11.6. The summed E-state index contributed by atoms with van der Waals surface area (Å²) in [7, 11) is 0. The molecule has 44 heavy (non-hydrogen) atoms. The summed E-state index contributed by atoms with van der Waals surface area (Å²) >= 11 is 1.78. The maximum atomic E-state index is 6.37. The third kappa shape index (κ3) is 4.07. The molecule has 9 aromatic rings. The van der Waals surface area contributed by atoms with Gasteiger partial charge < -0.3 is 4.42 Å². The Hall–Kier alpha value is -5.72. The lowest BCUT2D eigenvalue weighted by molar-refractivity contribution is 0.621. The minimum Gasteiger partial charge on any atom is -0.436 e. The van der Waals surface area contributed by atoms with E-state index in [1.54, 1.807) is 11.3 Å². The van der Waals surface area contributed by atoms with Crippen molar-refractivity contribution >= 4 is 53.4 Å². The van der Waals surface area contributed by atoms with Crippen LogP contribution in [0, 0.1) is 0 Å². The van der Waals surface area contributed by atoms with E-state index in [0.29, 0.717) is 23.4 Å². The van der Waals surface area contributed by atoms with E-state index in [9.17, 15) is 0 Å². The lowest BCUT2D eigenvalue weighted by Gasteiger charge is -2.09. The Balaban J connectivity index is 1.18. The van der Waals surface area contributed by atoms with Gasteiger partial charge >= 0.3 is 0 Å². The minimum atomic E-state index is 0.622. The lowest BCUT2D eigenvalue weighted by atomic mass is 10.1. The van der Waals surface area contributed by atoms with Crippen molar-refractivity contribution in [3.63, 3.8) is 0 Å². The molecule has 206 valence electrons. The standard InChI is InChI=1S/C38H22N4OS/c1-3-10-23(11-4-1)35-40-36(24-12-5-2-6-13-24)42-37(41-35)26-18-20-27-25(22-26)19-21-31-33(27)39-38(43-31)30-16-9-15-29-28-14-7-8-17-32(28)44-34(29)30/h1-22H. The molecule has 0 atom stereocenters. The number of rotatable bonds is 4. The van der Waals surface area contributed by atoms with Crippen LogP contribution in [0.5, 0.6) is 0 Å². The zero-order valence-corrected chi connectivity index (χ0v) is 24.1. The van der Waals surface area contributed by atoms with Crippen LogP contribution in [0.1, 0.15) is 0 Å². The Morgan fingerprint density at radius 1 is 0.477 bits per heavy atom. The van der Waals surface area contributed by atoms with Gasteiger partial charge in [0, 0.05) is 42.2 Å². The first-order chi connectivity index (χ1) is 21.8. The van der Waals surface area contributed by atoms with Gasteiger partial charge in [-0.25, -0.2) is 19.9 Å². The zero-order chi connectivity index (χ0) is 29.0. The summed E-state index contributed by atoms with van der Waals surface area (Å²) in [6.07, 6.45) is 0. The Kier molecular flexibility index (Phi) is 5.61. The van der Waals surface area contributed by atoms with Crippen LogP contribution >= 0.6 is 11.3 Å². The van der Waals surface area contributed by atoms with Crippen LogP contribution in [0.25, 0.3) is 87.7 Å². The molecule has 3 aromatic heterocycles. The summed E-state index contributed by atoms with van der Waals surface area (Å²) < 4.78 is 8.82. The quantitative estimate of drug-likeness (QED) is 0.207. The van der Waals surface area contributed by atoms with E-state index >= 15 is 0 Å². The molecule has 0 radical (unpaired) electrons. The number of benzene rings is 6. The summed E-state index contributed by atoms with van der Waals surface area (Å²) in [5, 5.41) is 4.54. The predicted molar refractivity (Wildman–Crippen MR) is 180 cm³/mol. The van der Waals surface area contributed by atoms with Gasteiger partial charge in [0.25, 0.3) is 0 Å². The van der Waals surface area contributed by atoms with Crippen LogP contribution in [0.2, 0.25) is 0 Å². The molecule has 3 heterocycles. The number of aromatic nitrogens is 4. The SMILES string of the molecule is c1ccc(-c2nc(-c3ccccc3)nc(-c3ccc4c(ccc5oc(-c6cccc7c6sc6ccccc67)nc54)c3)n2)cc1. The summed E-state index contributed by atoms with van der Waals surface area (Å²) in [4.78, 5) is 19.7. The van der Waals surface area contributed by atoms with E-state index in [-0.39, 0.29) is 0 Å².